The van der Waals surface area contributed by atoms with E-state index in [9.17, 15) is 21.6 Å². The summed E-state index contributed by atoms with van der Waals surface area (Å²) >= 11 is 14.3. The van der Waals surface area contributed by atoms with Crippen molar-refractivity contribution < 1.29 is 21.6 Å². The number of sulfonamides is 1. The first kappa shape index (κ1) is 18.4. The van der Waals surface area contributed by atoms with E-state index >= 15 is 0 Å². The smallest absolute Gasteiger partial charge is 0.280 e. The number of rotatable bonds is 3. The maximum Gasteiger partial charge on any atom is 0.417 e. The highest BCUT2D eigenvalue weighted by Crippen LogP contribution is 2.36. The third-order valence-electron chi connectivity index (χ3n) is 2.67. The molecule has 0 aliphatic carbocycles. The molecule has 0 aliphatic rings. The average Bonchev–Trinajstić information content (AvgIpc) is 2.35. The molecule has 0 bridgehead atoms. The summed E-state index contributed by atoms with van der Waals surface area (Å²) in [6.45, 7) is 0. The van der Waals surface area contributed by atoms with Crippen LogP contribution in [0.1, 0.15) is 5.56 Å². The number of hydrogen-bond acceptors (Lipinski definition) is 2. The van der Waals surface area contributed by atoms with E-state index in [2.05, 4.69) is 20.7 Å². The van der Waals surface area contributed by atoms with Crippen molar-refractivity contribution in [2.45, 2.75) is 11.1 Å². The second-order valence-corrected chi connectivity index (χ2v) is 7.81. The molecule has 2 aromatic carbocycles. The Morgan fingerprint density at radius 1 is 1.00 bits per heavy atom. The SMILES string of the molecule is O=S(=O)(Nc1cc(Cl)cc(Cl)c1)c1ccc(Br)c(C(F)(F)F)c1. The predicted molar refractivity (Wildman–Crippen MR) is 86.4 cm³/mol. The Morgan fingerprint density at radius 3 is 2.09 bits per heavy atom. The average molecular weight is 449 g/mol. The Morgan fingerprint density at radius 2 is 1.57 bits per heavy atom. The first-order chi connectivity index (χ1) is 10.5. The van der Waals surface area contributed by atoms with Gasteiger partial charge in [0.1, 0.15) is 0 Å². The van der Waals surface area contributed by atoms with E-state index in [-0.39, 0.29) is 20.2 Å². The number of anilines is 1. The van der Waals surface area contributed by atoms with E-state index < -0.39 is 26.7 Å². The highest BCUT2D eigenvalue weighted by molar-refractivity contribution is 9.10. The maximum absolute atomic E-state index is 12.9. The van der Waals surface area contributed by atoms with Crippen molar-refractivity contribution in [3.8, 4) is 0 Å². The van der Waals surface area contributed by atoms with Crippen molar-refractivity contribution >= 4 is 54.8 Å². The van der Waals surface area contributed by atoms with Crippen molar-refractivity contribution in [3.63, 3.8) is 0 Å². The van der Waals surface area contributed by atoms with Gasteiger partial charge in [0.2, 0.25) is 0 Å². The van der Waals surface area contributed by atoms with Gasteiger partial charge in [0.25, 0.3) is 10.0 Å². The molecule has 0 atom stereocenters. The van der Waals surface area contributed by atoms with Gasteiger partial charge in [0, 0.05) is 14.5 Å². The lowest BCUT2D eigenvalue weighted by atomic mass is 10.2. The van der Waals surface area contributed by atoms with Crippen LogP contribution in [0.15, 0.2) is 45.8 Å². The molecule has 1 N–H and O–H groups in total. The van der Waals surface area contributed by atoms with Crippen LogP contribution in [0.3, 0.4) is 0 Å². The molecule has 0 saturated heterocycles. The molecule has 0 aromatic heterocycles. The first-order valence-electron chi connectivity index (χ1n) is 5.85. The molecule has 0 aliphatic heterocycles. The highest BCUT2D eigenvalue weighted by atomic mass is 79.9. The molecule has 0 spiro atoms. The second-order valence-electron chi connectivity index (χ2n) is 4.40. The van der Waals surface area contributed by atoms with E-state index in [0.717, 1.165) is 12.1 Å². The van der Waals surface area contributed by atoms with Gasteiger partial charge in [-0.1, -0.05) is 39.1 Å². The zero-order chi connectivity index (χ0) is 17.4. The Hall–Kier alpha value is -0.960. The van der Waals surface area contributed by atoms with Crippen molar-refractivity contribution in [3.05, 3.63) is 56.5 Å². The van der Waals surface area contributed by atoms with Crippen LogP contribution in [0.2, 0.25) is 10.0 Å². The van der Waals surface area contributed by atoms with Crippen LogP contribution in [0.25, 0.3) is 0 Å². The molecule has 2 aromatic rings. The summed E-state index contributed by atoms with van der Waals surface area (Å²) in [5.74, 6) is 0. The Kier molecular flexibility index (Phi) is 5.20. The molecule has 23 heavy (non-hydrogen) atoms. The summed E-state index contributed by atoms with van der Waals surface area (Å²) in [4.78, 5) is -0.538. The maximum atomic E-state index is 12.9. The molecule has 0 saturated carbocycles. The third-order valence-corrected chi connectivity index (χ3v) is 5.18. The molecule has 0 heterocycles. The molecule has 3 nitrogen and oxygen atoms in total. The van der Waals surface area contributed by atoms with Crippen LogP contribution >= 0.6 is 39.1 Å². The standard InChI is InChI=1S/C13H7BrCl2F3NO2S/c14-12-2-1-10(6-11(12)13(17,18)19)23(21,22)20-9-4-7(15)3-8(16)5-9/h1-6,20H. The zero-order valence-electron chi connectivity index (χ0n) is 11.0. The van der Waals surface area contributed by atoms with E-state index in [1.165, 1.54) is 18.2 Å². The molecule has 124 valence electrons. The van der Waals surface area contributed by atoms with Crippen LogP contribution in [0.4, 0.5) is 18.9 Å². The summed E-state index contributed by atoms with van der Waals surface area (Å²) in [5.41, 5.74) is -1.05. The van der Waals surface area contributed by atoms with Crippen LogP contribution in [0.5, 0.6) is 0 Å². The normalized spacial score (nSPS) is 12.3. The van der Waals surface area contributed by atoms with E-state index in [1.807, 2.05) is 0 Å². The fourth-order valence-electron chi connectivity index (χ4n) is 1.72. The molecular formula is C13H7BrCl2F3NO2S. The number of benzene rings is 2. The summed E-state index contributed by atoms with van der Waals surface area (Å²) in [7, 11) is -4.23. The summed E-state index contributed by atoms with van der Waals surface area (Å²) in [6, 6.07) is 6.57. The lowest BCUT2D eigenvalue weighted by Crippen LogP contribution is -2.15. The third kappa shape index (κ3) is 4.53. The van der Waals surface area contributed by atoms with Gasteiger partial charge in [0.05, 0.1) is 16.1 Å². The molecule has 0 radical (unpaired) electrons. The van der Waals surface area contributed by atoms with Crippen molar-refractivity contribution in [2.24, 2.45) is 0 Å². The van der Waals surface area contributed by atoms with Crippen molar-refractivity contribution in [1.29, 1.82) is 0 Å². The fraction of sp³-hybridized carbons (Fsp3) is 0.0769. The number of halogens is 6. The van der Waals surface area contributed by atoms with Gasteiger partial charge in [-0.3, -0.25) is 4.72 Å². The van der Waals surface area contributed by atoms with Crippen molar-refractivity contribution in [1.82, 2.24) is 0 Å². The molecule has 0 amide bonds. The van der Waals surface area contributed by atoms with Crippen LogP contribution in [-0.2, 0) is 16.2 Å². The fourth-order valence-corrected chi connectivity index (χ4v) is 3.78. The number of alkyl halides is 3. The predicted octanol–water partition coefficient (Wildman–Crippen LogP) is 5.58. The van der Waals surface area contributed by atoms with Crippen LogP contribution < -0.4 is 4.72 Å². The van der Waals surface area contributed by atoms with Gasteiger partial charge >= 0.3 is 6.18 Å². The molecule has 0 unspecified atom stereocenters. The monoisotopic (exact) mass is 447 g/mol. The van der Waals surface area contributed by atoms with Crippen LogP contribution in [-0.4, -0.2) is 8.42 Å². The van der Waals surface area contributed by atoms with Gasteiger partial charge in [-0.25, -0.2) is 8.42 Å². The number of nitrogens with one attached hydrogen (secondary N) is 1. The number of hydrogen-bond donors (Lipinski definition) is 1. The van der Waals surface area contributed by atoms with Gasteiger partial charge < -0.3 is 0 Å². The van der Waals surface area contributed by atoms with Crippen molar-refractivity contribution in [2.75, 3.05) is 4.72 Å². The summed E-state index contributed by atoms with van der Waals surface area (Å²) in [6.07, 6.45) is -4.69. The van der Waals surface area contributed by atoms with Gasteiger partial charge in [-0.2, -0.15) is 13.2 Å². The molecule has 2 rings (SSSR count). The quantitative estimate of drug-likeness (QED) is 0.666. The first-order valence-corrected chi connectivity index (χ1v) is 8.88. The largest absolute Gasteiger partial charge is 0.417 e. The minimum atomic E-state index is -4.69. The lowest BCUT2D eigenvalue weighted by molar-refractivity contribution is -0.138. The van der Waals surface area contributed by atoms with E-state index in [4.69, 9.17) is 23.2 Å². The topological polar surface area (TPSA) is 46.2 Å². The van der Waals surface area contributed by atoms with Gasteiger partial charge in [-0.05, 0) is 36.4 Å². The molecule has 0 fully saturated rings. The Balaban J connectivity index is 2.44. The minimum absolute atomic E-state index is 0.0407. The lowest BCUT2D eigenvalue weighted by Gasteiger charge is -2.13. The van der Waals surface area contributed by atoms with E-state index in [1.54, 1.807) is 0 Å². The zero-order valence-corrected chi connectivity index (χ0v) is 14.9. The minimum Gasteiger partial charge on any atom is -0.280 e. The molecule has 10 heteroatoms. The Labute approximate surface area is 148 Å². The second kappa shape index (κ2) is 6.51. The summed E-state index contributed by atoms with van der Waals surface area (Å²) < 4.78 is 65.0. The van der Waals surface area contributed by atoms with E-state index in [0.29, 0.717) is 6.07 Å². The van der Waals surface area contributed by atoms with Gasteiger partial charge in [-0.15, -0.1) is 0 Å². The van der Waals surface area contributed by atoms with Crippen LogP contribution in [0, 0.1) is 0 Å². The van der Waals surface area contributed by atoms with Gasteiger partial charge in [0.15, 0.2) is 0 Å². The highest BCUT2D eigenvalue weighted by Gasteiger charge is 2.34. The summed E-state index contributed by atoms with van der Waals surface area (Å²) in [5, 5.41) is 0.365. The molecular weight excluding hydrogens is 442 g/mol. The Bertz CT molecular complexity index is 837.